The molecule has 0 spiro atoms. The van der Waals surface area contributed by atoms with Crippen molar-refractivity contribution in [2.24, 2.45) is 12.8 Å². The van der Waals surface area contributed by atoms with E-state index in [2.05, 4.69) is 38.6 Å². The Kier molecular flexibility index (Phi) is 7.14. The molecule has 0 bridgehead atoms. The summed E-state index contributed by atoms with van der Waals surface area (Å²) in [5.41, 5.74) is 6.53. The molecule has 1 saturated heterocycles. The average molecular weight is 533 g/mol. The summed E-state index contributed by atoms with van der Waals surface area (Å²) in [6.45, 7) is 2.57. The van der Waals surface area contributed by atoms with Crippen molar-refractivity contribution in [2.45, 2.75) is 24.9 Å². The van der Waals surface area contributed by atoms with E-state index in [0.29, 0.717) is 11.0 Å². The molecule has 3 heterocycles. The van der Waals surface area contributed by atoms with Crippen LogP contribution >= 0.6 is 0 Å². The summed E-state index contributed by atoms with van der Waals surface area (Å²) in [5, 5.41) is 7.19. The molecule has 10 nitrogen and oxygen atoms in total. The van der Waals surface area contributed by atoms with Gasteiger partial charge in [-0.15, -0.1) is 13.2 Å². The van der Waals surface area contributed by atoms with Crippen molar-refractivity contribution < 1.29 is 31.9 Å². The van der Waals surface area contributed by atoms with Crippen LogP contribution in [0.1, 0.15) is 34.1 Å². The zero-order valence-electron chi connectivity index (χ0n) is 20.3. The number of aromatic nitrogens is 4. The number of fused-ring (bicyclic) bond motifs is 1. The first-order valence-corrected chi connectivity index (χ1v) is 11.3. The normalized spacial score (nSPS) is 17.4. The highest BCUT2D eigenvalue weighted by Gasteiger charge is 2.40. The number of alkyl halides is 3. The third-order valence-corrected chi connectivity index (χ3v) is 6.16. The molecule has 4 rings (SSSR count). The summed E-state index contributed by atoms with van der Waals surface area (Å²) in [7, 11) is 3.22. The summed E-state index contributed by atoms with van der Waals surface area (Å²) in [4.78, 5) is 30.0. The maximum atomic E-state index is 14.7. The van der Waals surface area contributed by atoms with Gasteiger partial charge in [-0.2, -0.15) is 5.10 Å². The molecule has 200 valence electrons. The van der Waals surface area contributed by atoms with Crippen LogP contribution in [0.5, 0.6) is 0 Å². The Morgan fingerprint density at radius 3 is 2.71 bits per heavy atom. The van der Waals surface area contributed by atoms with E-state index < -0.39 is 42.7 Å². The number of benzene rings is 1. The van der Waals surface area contributed by atoms with Crippen LogP contribution in [0.15, 0.2) is 31.1 Å². The largest absolute Gasteiger partial charge is 0.522 e. The highest BCUT2D eigenvalue weighted by molar-refractivity contribution is 6.00. The average Bonchev–Trinajstić information content (AvgIpc) is 3.55. The summed E-state index contributed by atoms with van der Waals surface area (Å²) in [5.74, 6) is 3.41. The Bertz CT molecular complexity index is 1480. The first kappa shape index (κ1) is 26.7. The number of halogens is 4. The molecule has 0 unspecified atom stereocenters. The van der Waals surface area contributed by atoms with Gasteiger partial charge in [0.15, 0.2) is 5.69 Å². The van der Waals surface area contributed by atoms with E-state index in [9.17, 15) is 27.2 Å². The zero-order valence-corrected chi connectivity index (χ0v) is 20.3. The van der Waals surface area contributed by atoms with Crippen LogP contribution < -0.4 is 11.1 Å². The molecule has 2 aromatic heterocycles. The lowest BCUT2D eigenvalue weighted by Gasteiger charge is -2.23. The third-order valence-electron chi connectivity index (χ3n) is 6.16. The molecule has 3 N–H and O–H groups in total. The molecule has 2 atom stereocenters. The Morgan fingerprint density at radius 2 is 2.08 bits per heavy atom. The molecular weight excluding hydrogens is 510 g/mol. The number of amides is 2. The Hall–Kier alpha value is -4.38. The summed E-state index contributed by atoms with van der Waals surface area (Å²) in [6.07, 6.45) is -2.33. The lowest BCUT2D eigenvalue weighted by molar-refractivity contribution is -0.327. The van der Waals surface area contributed by atoms with Crippen LogP contribution in [0.4, 0.5) is 23.4 Å². The van der Waals surface area contributed by atoms with E-state index in [1.54, 1.807) is 11.6 Å². The van der Waals surface area contributed by atoms with Crippen LogP contribution in [-0.2, 0) is 16.6 Å². The van der Waals surface area contributed by atoms with E-state index in [1.165, 1.54) is 35.1 Å². The first-order chi connectivity index (χ1) is 17.9. The van der Waals surface area contributed by atoms with Crippen molar-refractivity contribution in [1.82, 2.24) is 24.2 Å². The molecule has 3 aromatic rings. The number of anilines is 1. The smallest absolute Gasteiger partial charge is 0.373 e. The number of carbonyl (C=O) groups excluding carboxylic acids is 2. The molecule has 1 aromatic carbocycles. The number of imidazole rings is 1. The van der Waals surface area contributed by atoms with Crippen molar-refractivity contribution in [1.29, 1.82) is 0 Å². The Balaban J connectivity index is 1.72. The molecule has 0 saturated carbocycles. The van der Waals surface area contributed by atoms with Crippen LogP contribution in [0.2, 0.25) is 0 Å². The minimum Gasteiger partial charge on any atom is -0.373 e. The molecule has 1 aliphatic heterocycles. The van der Waals surface area contributed by atoms with Crippen molar-refractivity contribution >= 4 is 28.7 Å². The Morgan fingerprint density at radius 1 is 1.34 bits per heavy atom. The number of aryl methyl sites for hydroxylation is 1. The van der Waals surface area contributed by atoms with Gasteiger partial charge >= 0.3 is 6.36 Å². The maximum Gasteiger partial charge on any atom is 0.522 e. The van der Waals surface area contributed by atoms with Gasteiger partial charge in [-0.1, -0.05) is 12.5 Å². The van der Waals surface area contributed by atoms with Crippen LogP contribution in [-0.4, -0.2) is 68.6 Å². The number of nitrogens with one attached hydrogen (secondary N) is 1. The molecular formula is C24H23F4N7O3. The van der Waals surface area contributed by atoms with Crippen LogP contribution in [0.25, 0.3) is 11.0 Å². The zero-order chi connectivity index (χ0) is 27.8. The molecule has 38 heavy (non-hydrogen) atoms. The van der Waals surface area contributed by atoms with Gasteiger partial charge in [-0.3, -0.25) is 14.3 Å². The van der Waals surface area contributed by atoms with Crippen molar-refractivity contribution in [3.63, 3.8) is 0 Å². The number of nitrogens with zero attached hydrogens (tertiary/aromatic N) is 5. The second kappa shape index (κ2) is 10.2. The standard InChI is InChI=1S/C24H23F4N7O3/c1-4-20(36)34-10-14(8-15(34)11-38-24(26,27)28)35-23(30-2)21(22(29)37)17(32-35)6-5-13-7-18-19(9-16(13)25)33(3)12-31-18/h4,7,9,12,14-15,30H,1,8,10-11H2,2-3H3,(H2,29,37)/t14-,15+/m0/s1. The predicted molar refractivity (Wildman–Crippen MR) is 128 cm³/mol. The van der Waals surface area contributed by atoms with Crippen LogP contribution in [0.3, 0.4) is 0 Å². The molecule has 1 fully saturated rings. The number of rotatable bonds is 6. The second-order valence-corrected chi connectivity index (χ2v) is 8.55. The van der Waals surface area contributed by atoms with E-state index in [-0.39, 0.29) is 35.6 Å². The first-order valence-electron chi connectivity index (χ1n) is 11.3. The van der Waals surface area contributed by atoms with Crippen molar-refractivity contribution in [2.75, 3.05) is 25.5 Å². The molecule has 2 amide bonds. The van der Waals surface area contributed by atoms with Gasteiger partial charge in [0.2, 0.25) is 5.91 Å². The highest BCUT2D eigenvalue weighted by atomic mass is 19.4. The fourth-order valence-electron chi connectivity index (χ4n) is 4.43. The van der Waals surface area contributed by atoms with Gasteiger partial charge in [0.1, 0.15) is 17.2 Å². The number of primary amides is 1. The number of likely N-dealkylation sites (tertiary alicyclic amines) is 1. The number of hydrogen-bond acceptors (Lipinski definition) is 6. The van der Waals surface area contributed by atoms with Crippen molar-refractivity contribution in [3.05, 3.63) is 53.8 Å². The SMILES string of the molecule is C=CC(=O)N1C[C@@H](n2nc(C#Cc3cc4ncn(C)c4cc3F)c(C(N)=O)c2NC)C[C@@H]1COC(F)(F)F. The van der Waals surface area contributed by atoms with Crippen molar-refractivity contribution in [3.8, 4) is 11.8 Å². The second-order valence-electron chi connectivity index (χ2n) is 8.55. The summed E-state index contributed by atoms with van der Waals surface area (Å²) < 4.78 is 59.7. The van der Waals surface area contributed by atoms with Gasteiger partial charge in [0.25, 0.3) is 5.91 Å². The predicted octanol–water partition coefficient (Wildman–Crippen LogP) is 2.31. The summed E-state index contributed by atoms with van der Waals surface area (Å²) in [6, 6.07) is 1.15. The fraction of sp³-hybridized carbons (Fsp3) is 0.333. The molecule has 1 aliphatic rings. The topological polar surface area (TPSA) is 120 Å². The fourth-order valence-corrected chi connectivity index (χ4v) is 4.43. The minimum atomic E-state index is -4.88. The van der Waals surface area contributed by atoms with Gasteiger partial charge in [0.05, 0.1) is 41.6 Å². The maximum absolute atomic E-state index is 14.7. The monoisotopic (exact) mass is 533 g/mol. The molecule has 0 radical (unpaired) electrons. The number of ether oxygens (including phenoxy) is 1. The van der Waals surface area contributed by atoms with E-state index in [4.69, 9.17) is 5.73 Å². The van der Waals surface area contributed by atoms with E-state index in [1.807, 2.05) is 0 Å². The van der Waals surface area contributed by atoms with Gasteiger partial charge in [-0.25, -0.2) is 14.1 Å². The Labute approximate surface area is 214 Å². The number of nitrogens with two attached hydrogens (primary N) is 1. The van der Waals surface area contributed by atoms with E-state index >= 15 is 0 Å². The third kappa shape index (κ3) is 5.18. The van der Waals surface area contributed by atoms with Gasteiger partial charge in [0, 0.05) is 26.7 Å². The van der Waals surface area contributed by atoms with Gasteiger partial charge in [-0.05, 0) is 24.5 Å². The molecule has 14 heteroatoms. The minimum absolute atomic E-state index is 0.0140. The number of carbonyl (C=O) groups is 2. The van der Waals surface area contributed by atoms with E-state index in [0.717, 1.165) is 6.08 Å². The quantitative estimate of drug-likeness (QED) is 0.285. The lowest BCUT2D eigenvalue weighted by atomic mass is 10.1. The summed E-state index contributed by atoms with van der Waals surface area (Å²) >= 11 is 0. The highest BCUT2D eigenvalue weighted by Crippen LogP contribution is 2.33. The van der Waals surface area contributed by atoms with Crippen LogP contribution in [0, 0.1) is 17.7 Å². The van der Waals surface area contributed by atoms with Gasteiger partial charge < -0.3 is 20.5 Å². The molecule has 0 aliphatic carbocycles. The number of hydrogen-bond donors (Lipinski definition) is 2. The lowest BCUT2D eigenvalue weighted by Crippen LogP contribution is -2.38.